The molecule has 2 rings (SSSR count). The summed E-state index contributed by atoms with van der Waals surface area (Å²) in [6.07, 6.45) is 2.43. The molecule has 5 nitrogen and oxygen atoms in total. The summed E-state index contributed by atoms with van der Waals surface area (Å²) < 4.78 is 5.19. The number of ether oxygens (including phenoxy) is 1. The molecule has 0 spiro atoms. The standard InChI is InChI=1S/C14H18N4O/c1-19-12-4-2-3-11(9-12)10-17-14-6-8-16-13(18-14)5-7-15/h2-4,6,8-9H,5,7,10,15H2,1H3,(H,16,17,18). The summed E-state index contributed by atoms with van der Waals surface area (Å²) in [5.41, 5.74) is 6.63. The van der Waals surface area contributed by atoms with Gasteiger partial charge in [-0.1, -0.05) is 12.1 Å². The summed E-state index contributed by atoms with van der Waals surface area (Å²) in [5.74, 6) is 2.42. The molecule has 0 fully saturated rings. The van der Waals surface area contributed by atoms with Crippen molar-refractivity contribution in [1.29, 1.82) is 0 Å². The Labute approximate surface area is 112 Å². The van der Waals surface area contributed by atoms with E-state index in [1.807, 2.05) is 30.3 Å². The van der Waals surface area contributed by atoms with Gasteiger partial charge in [-0.2, -0.15) is 0 Å². The molecule has 0 aliphatic carbocycles. The first kappa shape index (κ1) is 13.3. The Morgan fingerprint density at radius 2 is 2.21 bits per heavy atom. The molecule has 1 aromatic carbocycles. The molecule has 19 heavy (non-hydrogen) atoms. The van der Waals surface area contributed by atoms with Crippen molar-refractivity contribution in [3.05, 3.63) is 47.9 Å². The van der Waals surface area contributed by atoms with Crippen molar-refractivity contribution >= 4 is 5.82 Å². The summed E-state index contributed by atoms with van der Waals surface area (Å²) >= 11 is 0. The van der Waals surface area contributed by atoms with Gasteiger partial charge in [0.15, 0.2) is 0 Å². The van der Waals surface area contributed by atoms with Crippen molar-refractivity contribution in [2.45, 2.75) is 13.0 Å². The first-order chi connectivity index (χ1) is 9.31. The molecule has 1 heterocycles. The Morgan fingerprint density at radius 1 is 1.32 bits per heavy atom. The lowest BCUT2D eigenvalue weighted by Crippen LogP contribution is -2.08. The van der Waals surface area contributed by atoms with Gasteiger partial charge in [0.2, 0.25) is 0 Å². The molecule has 0 amide bonds. The summed E-state index contributed by atoms with van der Waals surface area (Å²) in [5, 5.41) is 3.26. The Morgan fingerprint density at radius 3 is 3.00 bits per heavy atom. The van der Waals surface area contributed by atoms with Crippen LogP contribution in [0.5, 0.6) is 5.75 Å². The molecule has 1 aromatic heterocycles. The highest BCUT2D eigenvalue weighted by molar-refractivity contribution is 5.36. The lowest BCUT2D eigenvalue weighted by Gasteiger charge is -2.08. The zero-order valence-electron chi connectivity index (χ0n) is 11.0. The van der Waals surface area contributed by atoms with Gasteiger partial charge < -0.3 is 15.8 Å². The molecule has 0 aliphatic rings. The van der Waals surface area contributed by atoms with Gasteiger partial charge in [0.1, 0.15) is 17.4 Å². The summed E-state index contributed by atoms with van der Waals surface area (Å²) in [6, 6.07) is 9.77. The largest absolute Gasteiger partial charge is 0.497 e. The van der Waals surface area contributed by atoms with E-state index in [-0.39, 0.29) is 0 Å². The number of rotatable bonds is 6. The highest BCUT2D eigenvalue weighted by Crippen LogP contribution is 2.13. The topological polar surface area (TPSA) is 73.1 Å². The van der Waals surface area contributed by atoms with Gasteiger partial charge in [-0.25, -0.2) is 9.97 Å². The van der Waals surface area contributed by atoms with Gasteiger partial charge in [-0.3, -0.25) is 0 Å². The summed E-state index contributed by atoms with van der Waals surface area (Å²) in [6.45, 7) is 1.25. The van der Waals surface area contributed by atoms with Crippen molar-refractivity contribution in [1.82, 2.24) is 9.97 Å². The van der Waals surface area contributed by atoms with Crippen LogP contribution in [-0.4, -0.2) is 23.6 Å². The number of methoxy groups -OCH3 is 1. The van der Waals surface area contributed by atoms with E-state index in [9.17, 15) is 0 Å². The molecule has 100 valence electrons. The van der Waals surface area contributed by atoms with Crippen LogP contribution in [0, 0.1) is 0 Å². The Hall–Kier alpha value is -2.14. The average Bonchev–Trinajstić information content (AvgIpc) is 2.46. The fourth-order valence-corrected chi connectivity index (χ4v) is 1.72. The predicted octanol–water partition coefficient (Wildman–Crippen LogP) is 1.60. The van der Waals surface area contributed by atoms with E-state index in [0.29, 0.717) is 19.5 Å². The van der Waals surface area contributed by atoms with Crippen molar-refractivity contribution in [2.24, 2.45) is 5.73 Å². The maximum Gasteiger partial charge on any atom is 0.131 e. The second-order valence-corrected chi connectivity index (χ2v) is 4.10. The fourth-order valence-electron chi connectivity index (χ4n) is 1.72. The molecule has 0 atom stereocenters. The SMILES string of the molecule is COc1cccc(CNc2ccnc(CCN)n2)c1. The van der Waals surface area contributed by atoms with Crippen molar-refractivity contribution in [3.8, 4) is 5.75 Å². The third-order valence-corrected chi connectivity index (χ3v) is 2.68. The van der Waals surface area contributed by atoms with Crippen LogP contribution in [0.25, 0.3) is 0 Å². The van der Waals surface area contributed by atoms with Crippen LogP contribution in [0.15, 0.2) is 36.5 Å². The molecular formula is C14H18N4O. The van der Waals surface area contributed by atoms with Gasteiger partial charge in [-0.15, -0.1) is 0 Å². The van der Waals surface area contributed by atoms with Crippen LogP contribution < -0.4 is 15.8 Å². The molecule has 0 radical (unpaired) electrons. The number of nitrogens with zero attached hydrogens (tertiary/aromatic N) is 2. The number of nitrogens with one attached hydrogen (secondary N) is 1. The zero-order chi connectivity index (χ0) is 13.5. The van der Waals surface area contributed by atoms with Gasteiger partial charge in [0.05, 0.1) is 7.11 Å². The molecule has 3 N–H and O–H groups in total. The molecule has 2 aromatic rings. The molecule has 5 heteroatoms. The van der Waals surface area contributed by atoms with Crippen molar-refractivity contribution in [2.75, 3.05) is 19.0 Å². The highest BCUT2D eigenvalue weighted by Gasteiger charge is 2.00. The summed E-state index contributed by atoms with van der Waals surface area (Å²) in [4.78, 5) is 8.55. The number of hydrogen-bond acceptors (Lipinski definition) is 5. The lowest BCUT2D eigenvalue weighted by molar-refractivity contribution is 0.414. The predicted molar refractivity (Wildman–Crippen MR) is 75.1 cm³/mol. The smallest absolute Gasteiger partial charge is 0.131 e. The maximum atomic E-state index is 5.49. The summed E-state index contributed by atoms with van der Waals surface area (Å²) in [7, 11) is 1.66. The maximum absolute atomic E-state index is 5.49. The van der Waals surface area contributed by atoms with E-state index >= 15 is 0 Å². The minimum absolute atomic E-state index is 0.555. The van der Waals surface area contributed by atoms with Crippen LogP contribution in [-0.2, 0) is 13.0 Å². The molecular weight excluding hydrogens is 240 g/mol. The number of benzene rings is 1. The van der Waals surface area contributed by atoms with E-state index < -0.39 is 0 Å². The second-order valence-electron chi connectivity index (χ2n) is 4.10. The van der Waals surface area contributed by atoms with E-state index in [1.165, 1.54) is 0 Å². The average molecular weight is 258 g/mol. The Bertz CT molecular complexity index is 530. The van der Waals surface area contributed by atoms with E-state index in [4.69, 9.17) is 10.5 Å². The van der Waals surface area contributed by atoms with Gasteiger partial charge in [0.25, 0.3) is 0 Å². The first-order valence-electron chi connectivity index (χ1n) is 6.20. The normalized spacial score (nSPS) is 10.2. The molecule has 0 saturated heterocycles. The van der Waals surface area contributed by atoms with E-state index in [2.05, 4.69) is 15.3 Å². The third-order valence-electron chi connectivity index (χ3n) is 2.68. The van der Waals surface area contributed by atoms with Crippen LogP contribution in [0.2, 0.25) is 0 Å². The molecule has 0 bridgehead atoms. The highest BCUT2D eigenvalue weighted by atomic mass is 16.5. The van der Waals surface area contributed by atoms with Gasteiger partial charge in [0, 0.05) is 19.2 Å². The Balaban J connectivity index is 1.99. The third kappa shape index (κ3) is 3.93. The van der Waals surface area contributed by atoms with Gasteiger partial charge >= 0.3 is 0 Å². The number of hydrogen-bond donors (Lipinski definition) is 2. The van der Waals surface area contributed by atoms with Crippen LogP contribution in [0.1, 0.15) is 11.4 Å². The van der Waals surface area contributed by atoms with Crippen molar-refractivity contribution in [3.63, 3.8) is 0 Å². The molecule has 0 aliphatic heterocycles. The number of anilines is 1. The van der Waals surface area contributed by atoms with Gasteiger partial charge in [-0.05, 0) is 30.3 Å². The lowest BCUT2D eigenvalue weighted by atomic mass is 10.2. The minimum atomic E-state index is 0.555. The van der Waals surface area contributed by atoms with Crippen LogP contribution in [0.4, 0.5) is 5.82 Å². The Kier molecular flexibility index (Phi) is 4.69. The molecule has 0 saturated carbocycles. The van der Waals surface area contributed by atoms with E-state index in [0.717, 1.165) is 23.0 Å². The molecule has 0 unspecified atom stereocenters. The zero-order valence-corrected chi connectivity index (χ0v) is 11.0. The van der Waals surface area contributed by atoms with Crippen molar-refractivity contribution < 1.29 is 4.74 Å². The second kappa shape index (κ2) is 6.70. The number of aromatic nitrogens is 2. The van der Waals surface area contributed by atoms with Crippen LogP contribution >= 0.6 is 0 Å². The quantitative estimate of drug-likeness (QED) is 0.823. The minimum Gasteiger partial charge on any atom is -0.497 e. The first-order valence-corrected chi connectivity index (χ1v) is 6.20. The van der Waals surface area contributed by atoms with Crippen LogP contribution in [0.3, 0.4) is 0 Å². The fraction of sp³-hybridized carbons (Fsp3) is 0.286. The van der Waals surface area contributed by atoms with E-state index in [1.54, 1.807) is 13.3 Å². The number of nitrogens with two attached hydrogens (primary N) is 1. The monoisotopic (exact) mass is 258 g/mol.